The average Bonchev–Trinajstić information content (AvgIpc) is 2.27. The zero-order chi connectivity index (χ0) is 13.3. The Kier molecular flexibility index (Phi) is 17.0. The van der Waals surface area contributed by atoms with E-state index in [4.69, 9.17) is 4.74 Å². The third-order valence-corrected chi connectivity index (χ3v) is 2.34. The molecular formula is C14H25F2O2U-. The molecule has 0 radical (unpaired) electrons. The van der Waals surface area contributed by atoms with Gasteiger partial charge in [-0.25, -0.2) is 8.78 Å². The summed E-state index contributed by atoms with van der Waals surface area (Å²) < 4.78 is 31.3. The van der Waals surface area contributed by atoms with E-state index in [1.165, 1.54) is 13.0 Å². The van der Waals surface area contributed by atoms with Crippen LogP contribution in [0, 0.1) is 38.5 Å². The number of allylic oxidation sites excluding steroid dienone is 2. The van der Waals surface area contributed by atoms with Crippen molar-refractivity contribution < 1.29 is 49.4 Å². The van der Waals surface area contributed by atoms with E-state index in [1.54, 1.807) is 0 Å². The molecule has 0 aromatic carbocycles. The Labute approximate surface area is 139 Å². The molecule has 5 heteroatoms. The van der Waals surface area contributed by atoms with Crippen molar-refractivity contribution in [3.8, 4) is 0 Å². The third kappa shape index (κ3) is 13.0. The van der Waals surface area contributed by atoms with E-state index in [9.17, 15) is 13.6 Å². The molecule has 0 spiro atoms. The summed E-state index contributed by atoms with van der Waals surface area (Å²) in [6.45, 7) is 5.46. The van der Waals surface area contributed by atoms with Crippen molar-refractivity contribution in [2.75, 3.05) is 6.61 Å². The van der Waals surface area contributed by atoms with Gasteiger partial charge in [0, 0.05) is 37.5 Å². The molecule has 0 aliphatic heterocycles. The fourth-order valence-electron chi connectivity index (χ4n) is 1.52. The molecule has 0 aromatic rings. The van der Waals surface area contributed by atoms with Crippen LogP contribution < -0.4 is 0 Å². The summed E-state index contributed by atoms with van der Waals surface area (Å²) in [5.74, 6) is -2.79. The van der Waals surface area contributed by atoms with E-state index >= 15 is 0 Å². The first-order valence-corrected chi connectivity index (χ1v) is 6.16. The van der Waals surface area contributed by atoms with Gasteiger partial charge in [-0.05, 0) is 32.3 Å². The molecule has 2 nitrogen and oxygen atoms in total. The fraction of sp³-hybridized carbons (Fsp3) is 0.714. The van der Waals surface area contributed by atoms with E-state index < -0.39 is 5.92 Å². The smallest absolute Gasteiger partial charge is 0.266 e. The van der Waals surface area contributed by atoms with E-state index in [0.717, 1.165) is 6.08 Å². The normalized spacial score (nSPS) is 22.3. The third-order valence-electron chi connectivity index (χ3n) is 2.34. The molecule has 1 aliphatic rings. The quantitative estimate of drug-likeness (QED) is 0.428. The maximum absolute atomic E-state index is 13.0. The van der Waals surface area contributed by atoms with Crippen molar-refractivity contribution in [1.82, 2.24) is 0 Å². The summed E-state index contributed by atoms with van der Waals surface area (Å²) >= 11 is 0. The van der Waals surface area contributed by atoms with Gasteiger partial charge in [0.25, 0.3) is 5.92 Å². The fourth-order valence-corrected chi connectivity index (χ4v) is 1.52. The number of hydrogen-bond acceptors (Lipinski definition) is 2. The molecule has 1 atom stereocenters. The van der Waals surface area contributed by atoms with Gasteiger partial charge in [0.1, 0.15) is 6.61 Å². The first-order chi connectivity index (χ1) is 7.99. The molecule has 0 N–H and O–H groups in total. The van der Waals surface area contributed by atoms with Gasteiger partial charge in [0.05, 0.1) is 6.10 Å². The summed E-state index contributed by atoms with van der Waals surface area (Å²) in [5, 5.41) is 0. The van der Waals surface area contributed by atoms with Crippen molar-refractivity contribution in [3.05, 3.63) is 19.6 Å². The van der Waals surface area contributed by atoms with Crippen LogP contribution in [0.4, 0.5) is 8.78 Å². The second-order valence-corrected chi connectivity index (χ2v) is 3.91. The van der Waals surface area contributed by atoms with Crippen LogP contribution in [0.1, 0.15) is 46.5 Å². The Morgan fingerprint density at radius 1 is 1.37 bits per heavy atom. The number of alkyl halides is 2. The van der Waals surface area contributed by atoms with Crippen LogP contribution in [0.25, 0.3) is 0 Å². The molecule has 1 aliphatic carbocycles. The molecular weight excluding hydrogens is 476 g/mol. The summed E-state index contributed by atoms with van der Waals surface area (Å²) in [7, 11) is 0. The van der Waals surface area contributed by atoms with Crippen molar-refractivity contribution in [2.45, 2.75) is 58.5 Å². The number of carbonyl (C=O) groups is 1. The summed E-state index contributed by atoms with van der Waals surface area (Å²) in [6, 6.07) is 0. The average molecular weight is 501 g/mol. The molecule has 1 rings (SSSR count). The van der Waals surface area contributed by atoms with Crippen LogP contribution in [-0.4, -0.2) is 24.4 Å². The maximum Gasteiger partial charge on any atom is 0.266 e. The van der Waals surface area contributed by atoms with Crippen molar-refractivity contribution >= 4 is 5.78 Å². The monoisotopic (exact) mass is 501 g/mol. The first-order valence-electron chi connectivity index (χ1n) is 6.16. The SMILES string of the molecule is CC.CC(=O)COC1CC/C=C\C(F)(F)CC1.[CH3-].[U]. The predicted molar refractivity (Wildman–Crippen MR) is 70.7 cm³/mol. The predicted octanol–water partition coefficient (Wildman–Crippen LogP) is 4.20. The zero-order valence-electron chi connectivity index (χ0n) is 12.3. The number of ketones is 1. The van der Waals surface area contributed by atoms with Gasteiger partial charge in [-0.2, -0.15) is 0 Å². The van der Waals surface area contributed by atoms with Crippen LogP contribution in [-0.2, 0) is 9.53 Å². The van der Waals surface area contributed by atoms with Crippen molar-refractivity contribution in [3.63, 3.8) is 0 Å². The maximum atomic E-state index is 13.0. The van der Waals surface area contributed by atoms with E-state index in [0.29, 0.717) is 19.3 Å². The van der Waals surface area contributed by atoms with Crippen LogP contribution >= 0.6 is 0 Å². The van der Waals surface area contributed by atoms with Crippen molar-refractivity contribution in [2.24, 2.45) is 0 Å². The van der Waals surface area contributed by atoms with Gasteiger partial charge in [-0.3, -0.25) is 4.79 Å². The van der Waals surface area contributed by atoms with Gasteiger partial charge < -0.3 is 12.2 Å². The number of rotatable bonds is 3. The Bertz CT molecular complexity index is 256. The molecule has 1 unspecified atom stereocenters. The number of halogens is 2. The van der Waals surface area contributed by atoms with Gasteiger partial charge in [-0.1, -0.05) is 19.9 Å². The molecule has 0 heterocycles. The first kappa shape index (κ1) is 24.3. The van der Waals surface area contributed by atoms with Gasteiger partial charge >= 0.3 is 0 Å². The van der Waals surface area contributed by atoms with Crippen LogP contribution in [0.5, 0.6) is 0 Å². The Morgan fingerprint density at radius 3 is 2.47 bits per heavy atom. The molecule has 0 aromatic heterocycles. The Morgan fingerprint density at radius 2 is 1.95 bits per heavy atom. The number of carbonyl (C=O) groups excluding carboxylic acids is 1. The van der Waals surface area contributed by atoms with Crippen LogP contribution in [0.2, 0.25) is 0 Å². The molecule has 0 amide bonds. The van der Waals surface area contributed by atoms with E-state index in [2.05, 4.69) is 0 Å². The van der Waals surface area contributed by atoms with Crippen LogP contribution in [0.15, 0.2) is 12.2 Å². The zero-order valence-corrected chi connectivity index (χ0v) is 16.5. The van der Waals surface area contributed by atoms with Gasteiger partial charge in [0.2, 0.25) is 0 Å². The Hall–Kier alpha value is 0.282. The van der Waals surface area contributed by atoms with E-state index in [1.807, 2.05) is 13.8 Å². The van der Waals surface area contributed by atoms with Crippen molar-refractivity contribution in [1.29, 1.82) is 0 Å². The minimum Gasteiger partial charge on any atom is -0.370 e. The molecule has 112 valence electrons. The second kappa shape index (κ2) is 13.3. The number of Topliss-reactive ketones (excluding diaryl/α,β-unsaturated/α-hetero) is 1. The minimum atomic E-state index is -2.72. The number of hydrogen-bond donors (Lipinski definition) is 0. The number of ether oxygens (including phenoxy) is 1. The standard InChI is InChI=1S/C11H16F2O2.C2H6.CH3.U/c1-9(14)8-15-10-4-2-3-6-11(12,13)7-5-10;1-2;;/h3,6,10H,2,4-5,7-8H2,1H3;1-2H3;1H3;/q;;-1;/b6-3-;;;. The summed E-state index contributed by atoms with van der Waals surface area (Å²) in [5.41, 5.74) is 0. The topological polar surface area (TPSA) is 26.3 Å². The van der Waals surface area contributed by atoms with Crippen LogP contribution in [0.3, 0.4) is 0 Å². The molecule has 0 saturated carbocycles. The molecule has 0 saturated heterocycles. The largest absolute Gasteiger partial charge is 0.370 e. The van der Waals surface area contributed by atoms with Gasteiger partial charge in [-0.15, -0.1) is 0 Å². The summed E-state index contributed by atoms with van der Waals surface area (Å²) in [6.07, 6.45) is 3.64. The minimum absolute atomic E-state index is 0. The van der Waals surface area contributed by atoms with E-state index in [-0.39, 0.29) is 63.5 Å². The summed E-state index contributed by atoms with van der Waals surface area (Å²) in [4.78, 5) is 10.7. The molecule has 0 fully saturated rings. The molecule has 0 bridgehead atoms. The Balaban J connectivity index is -0.000000609. The second-order valence-electron chi connectivity index (χ2n) is 3.91. The molecule has 19 heavy (non-hydrogen) atoms. The van der Waals surface area contributed by atoms with Gasteiger partial charge in [0.15, 0.2) is 5.78 Å².